The van der Waals surface area contributed by atoms with Crippen LogP contribution in [0.3, 0.4) is 0 Å². The highest BCUT2D eigenvalue weighted by Gasteiger charge is 2.30. The monoisotopic (exact) mass is 340 g/mol. The number of nitrogens with zero attached hydrogens (tertiary/aromatic N) is 1. The van der Waals surface area contributed by atoms with E-state index in [9.17, 15) is 4.79 Å². The van der Waals surface area contributed by atoms with Crippen LogP contribution >= 0.6 is 12.4 Å². The molecule has 2 aliphatic rings. The molecule has 6 heteroatoms. The molecule has 5 nitrogen and oxygen atoms in total. The Morgan fingerprint density at radius 3 is 2.78 bits per heavy atom. The molecule has 3 rings (SSSR count). The van der Waals surface area contributed by atoms with E-state index in [-0.39, 0.29) is 36.6 Å². The average Bonchev–Trinajstić information content (AvgIpc) is 2.56. The molecular formula is C17H25ClN2O3. The van der Waals surface area contributed by atoms with Crippen LogP contribution < -0.4 is 5.32 Å². The largest absolute Gasteiger partial charge is 0.378 e. The molecular weight excluding hydrogens is 316 g/mol. The SMILES string of the molecule is CC1CN(C(=O)CC2COCCN2)CC(c2ccccc2)O1.Cl. The molecule has 23 heavy (non-hydrogen) atoms. The van der Waals surface area contributed by atoms with Gasteiger partial charge in [-0.25, -0.2) is 0 Å². The zero-order chi connectivity index (χ0) is 15.4. The second-order valence-corrected chi connectivity index (χ2v) is 6.07. The van der Waals surface area contributed by atoms with Crippen molar-refractivity contribution < 1.29 is 14.3 Å². The first-order chi connectivity index (χ1) is 10.7. The van der Waals surface area contributed by atoms with E-state index in [4.69, 9.17) is 9.47 Å². The van der Waals surface area contributed by atoms with Gasteiger partial charge in [-0.1, -0.05) is 30.3 Å². The lowest BCUT2D eigenvalue weighted by Crippen LogP contribution is -2.49. The molecule has 2 saturated heterocycles. The van der Waals surface area contributed by atoms with Crippen LogP contribution in [0, 0.1) is 0 Å². The quantitative estimate of drug-likeness (QED) is 0.911. The van der Waals surface area contributed by atoms with Crippen molar-refractivity contribution >= 4 is 18.3 Å². The molecule has 1 aromatic carbocycles. The van der Waals surface area contributed by atoms with Gasteiger partial charge in [0, 0.05) is 25.6 Å². The van der Waals surface area contributed by atoms with E-state index in [1.807, 2.05) is 30.0 Å². The molecule has 2 aliphatic heterocycles. The molecule has 3 atom stereocenters. The van der Waals surface area contributed by atoms with E-state index in [1.54, 1.807) is 0 Å². The number of carbonyl (C=O) groups is 1. The predicted molar refractivity (Wildman–Crippen MR) is 90.8 cm³/mol. The average molecular weight is 341 g/mol. The Bertz CT molecular complexity index is 494. The van der Waals surface area contributed by atoms with Gasteiger partial charge in [-0.2, -0.15) is 0 Å². The van der Waals surface area contributed by atoms with E-state index < -0.39 is 0 Å². The summed E-state index contributed by atoms with van der Waals surface area (Å²) in [4.78, 5) is 14.5. The number of hydrogen-bond donors (Lipinski definition) is 1. The van der Waals surface area contributed by atoms with Crippen molar-refractivity contribution in [2.45, 2.75) is 31.6 Å². The van der Waals surface area contributed by atoms with Gasteiger partial charge in [-0.15, -0.1) is 12.4 Å². The van der Waals surface area contributed by atoms with Crippen LogP contribution in [0.4, 0.5) is 0 Å². The summed E-state index contributed by atoms with van der Waals surface area (Å²) in [7, 11) is 0. The number of nitrogens with one attached hydrogen (secondary N) is 1. The van der Waals surface area contributed by atoms with Crippen LogP contribution in [0.25, 0.3) is 0 Å². The molecule has 2 fully saturated rings. The Balaban J connectivity index is 0.00000192. The standard InChI is InChI=1S/C17H24N2O3.ClH/c1-13-10-19(17(20)9-15-12-21-8-7-18-15)11-16(22-13)14-5-3-2-4-6-14;/h2-6,13,15-16,18H,7-12H2,1H3;1H. The minimum Gasteiger partial charge on any atom is -0.378 e. The Morgan fingerprint density at radius 2 is 2.09 bits per heavy atom. The molecule has 3 unspecified atom stereocenters. The molecule has 0 saturated carbocycles. The summed E-state index contributed by atoms with van der Waals surface area (Å²) in [5.74, 6) is 0.180. The molecule has 1 aromatic rings. The summed E-state index contributed by atoms with van der Waals surface area (Å²) >= 11 is 0. The number of halogens is 1. The smallest absolute Gasteiger partial charge is 0.224 e. The van der Waals surface area contributed by atoms with E-state index in [2.05, 4.69) is 17.4 Å². The van der Waals surface area contributed by atoms with Gasteiger partial charge in [0.1, 0.15) is 6.10 Å². The maximum Gasteiger partial charge on any atom is 0.224 e. The minimum absolute atomic E-state index is 0. The van der Waals surface area contributed by atoms with Gasteiger partial charge in [-0.3, -0.25) is 4.79 Å². The van der Waals surface area contributed by atoms with Crippen molar-refractivity contribution in [3.05, 3.63) is 35.9 Å². The summed E-state index contributed by atoms with van der Waals surface area (Å²) in [5, 5.41) is 3.34. The van der Waals surface area contributed by atoms with E-state index in [1.165, 1.54) is 0 Å². The van der Waals surface area contributed by atoms with E-state index in [0.29, 0.717) is 26.1 Å². The number of amides is 1. The highest BCUT2D eigenvalue weighted by atomic mass is 35.5. The number of ether oxygens (including phenoxy) is 2. The lowest BCUT2D eigenvalue weighted by Gasteiger charge is -2.38. The van der Waals surface area contributed by atoms with E-state index >= 15 is 0 Å². The molecule has 0 aromatic heterocycles. The Kier molecular flexibility index (Phi) is 6.84. The fourth-order valence-corrected chi connectivity index (χ4v) is 3.10. The normalized spacial score (nSPS) is 28.0. The molecule has 0 aliphatic carbocycles. The minimum atomic E-state index is -0.0375. The van der Waals surface area contributed by atoms with Crippen LogP contribution in [0.2, 0.25) is 0 Å². The predicted octanol–water partition coefficient (Wildman–Crippen LogP) is 1.78. The fourth-order valence-electron chi connectivity index (χ4n) is 3.10. The van der Waals surface area contributed by atoms with Gasteiger partial charge in [-0.05, 0) is 12.5 Å². The van der Waals surface area contributed by atoms with Crippen molar-refractivity contribution in [1.82, 2.24) is 10.2 Å². The third-order valence-corrected chi connectivity index (χ3v) is 4.20. The van der Waals surface area contributed by atoms with E-state index in [0.717, 1.165) is 18.7 Å². The van der Waals surface area contributed by atoms with Crippen LogP contribution in [-0.2, 0) is 14.3 Å². The van der Waals surface area contributed by atoms with Gasteiger partial charge in [0.15, 0.2) is 0 Å². The third-order valence-electron chi connectivity index (χ3n) is 4.20. The Hall–Kier alpha value is -1.14. The maximum absolute atomic E-state index is 12.6. The van der Waals surface area contributed by atoms with Crippen molar-refractivity contribution in [3.63, 3.8) is 0 Å². The summed E-state index contributed by atoms with van der Waals surface area (Å²) in [5.41, 5.74) is 1.13. The van der Waals surface area contributed by atoms with Gasteiger partial charge in [0.2, 0.25) is 5.91 Å². The maximum atomic E-state index is 12.6. The van der Waals surface area contributed by atoms with Gasteiger partial charge >= 0.3 is 0 Å². The molecule has 2 heterocycles. The third kappa shape index (κ3) is 4.91. The summed E-state index contributed by atoms with van der Waals surface area (Å²) < 4.78 is 11.4. The number of carbonyl (C=O) groups excluding carboxylic acids is 1. The highest BCUT2D eigenvalue weighted by Crippen LogP contribution is 2.25. The Morgan fingerprint density at radius 1 is 1.30 bits per heavy atom. The fraction of sp³-hybridized carbons (Fsp3) is 0.588. The number of morpholine rings is 2. The van der Waals surface area contributed by atoms with Gasteiger partial charge < -0.3 is 19.7 Å². The molecule has 0 bridgehead atoms. The van der Waals surface area contributed by atoms with Gasteiger partial charge in [0.25, 0.3) is 0 Å². The topological polar surface area (TPSA) is 50.8 Å². The first-order valence-corrected chi connectivity index (χ1v) is 8.01. The molecule has 128 valence electrons. The van der Waals surface area contributed by atoms with Crippen LogP contribution in [0.5, 0.6) is 0 Å². The summed E-state index contributed by atoms with van der Waals surface area (Å²) in [6, 6.07) is 10.3. The zero-order valence-corrected chi connectivity index (χ0v) is 14.3. The van der Waals surface area contributed by atoms with Crippen LogP contribution in [0.15, 0.2) is 30.3 Å². The lowest BCUT2D eigenvalue weighted by molar-refractivity contribution is -0.146. The molecule has 1 amide bonds. The summed E-state index contributed by atoms with van der Waals surface area (Å²) in [6.07, 6.45) is 0.511. The van der Waals surface area contributed by atoms with Crippen molar-refractivity contribution in [2.24, 2.45) is 0 Å². The van der Waals surface area contributed by atoms with Crippen molar-refractivity contribution in [1.29, 1.82) is 0 Å². The molecule has 1 N–H and O–H groups in total. The lowest BCUT2D eigenvalue weighted by atomic mass is 10.1. The Labute approximate surface area is 143 Å². The first-order valence-electron chi connectivity index (χ1n) is 8.01. The van der Waals surface area contributed by atoms with Crippen LogP contribution in [0.1, 0.15) is 25.0 Å². The van der Waals surface area contributed by atoms with Crippen molar-refractivity contribution in [3.8, 4) is 0 Å². The van der Waals surface area contributed by atoms with Crippen LogP contribution in [-0.4, -0.2) is 55.8 Å². The van der Waals surface area contributed by atoms with Gasteiger partial charge in [0.05, 0.1) is 25.9 Å². The second kappa shape index (κ2) is 8.64. The highest BCUT2D eigenvalue weighted by molar-refractivity contribution is 5.85. The molecule has 0 radical (unpaired) electrons. The number of hydrogen-bond acceptors (Lipinski definition) is 4. The second-order valence-electron chi connectivity index (χ2n) is 6.07. The molecule has 0 spiro atoms. The number of rotatable bonds is 3. The first kappa shape index (κ1) is 18.2. The summed E-state index contributed by atoms with van der Waals surface area (Å²) in [6.45, 7) is 5.49. The number of benzene rings is 1. The van der Waals surface area contributed by atoms with Crippen molar-refractivity contribution in [2.75, 3.05) is 32.8 Å². The zero-order valence-electron chi connectivity index (χ0n) is 13.4.